The lowest BCUT2D eigenvalue weighted by Crippen LogP contribution is -2.43. The number of rotatable bonds is 7. The van der Waals surface area contributed by atoms with Crippen LogP contribution in [0.25, 0.3) is 16.6 Å². The second-order valence-corrected chi connectivity index (χ2v) is 10.1. The quantitative estimate of drug-likeness (QED) is 0.299. The minimum absolute atomic E-state index is 0.204. The van der Waals surface area contributed by atoms with Crippen molar-refractivity contribution in [1.29, 1.82) is 0 Å². The van der Waals surface area contributed by atoms with E-state index in [0.717, 1.165) is 4.47 Å². The van der Waals surface area contributed by atoms with Crippen LogP contribution in [0.2, 0.25) is 5.02 Å². The average Bonchev–Trinajstić information content (AvgIpc) is 2.84. The van der Waals surface area contributed by atoms with Gasteiger partial charge in [0.15, 0.2) is 0 Å². The third-order valence-corrected chi connectivity index (χ3v) is 6.60. The number of hydrogen-bond acceptors (Lipinski definition) is 4. The zero-order valence-electron chi connectivity index (χ0n) is 20.3. The van der Waals surface area contributed by atoms with Gasteiger partial charge in [0.05, 0.1) is 22.6 Å². The van der Waals surface area contributed by atoms with Gasteiger partial charge in [0.2, 0.25) is 0 Å². The van der Waals surface area contributed by atoms with Crippen LogP contribution in [-0.4, -0.2) is 52.6 Å². The summed E-state index contributed by atoms with van der Waals surface area (Å²) >= 11 is 9.56. The Labute approximate surface area is 223 Å². The lowest BCUT2D eigenvalue weighted by atomic mass is 10.2. The first-order chi connectivity index (χ1) is 17.2. The van der Waals surface area contributed by atoms with E-state index >= 15 is 0 Å². The van der Waals surface area contributed by atoms with Crippen LogP contribution in [0.5, 0.6) is 0 Å². The fourth-order valence-electron chi connectivity index (χ4n) is 3.95. The molecule has 0 saturated carbocycles. The molecule has 1 heterocycles. The second-order valence-electron chi connectivity index (χ2n) is 8.72. The summed E-state index contributed by atoms with van der Waals surface area (Å²) < 4.78 is 2.43. The van der Waals surface area contributed by atoms with Crippen molar-refractivity contribution in [2.75, 3.05) is 32.5 Å². The van der Waals surface area contributed by atoms with E-state index in [4.69, 9.17) is 16.6 Å². The highest BCUT2D eigenvalue weighted by molar-refractivity contribution is 9.10. The maximum atomic E-state index is 13.7. The van der Waals surface area contributed by atoms with Gasteiger partial charge < -0.3 is 15.1 Å². The van der Waals surface area contributed by atoms with Crippen LogP contribution < -0.4 is 10.9 Å². The molecule has 0 aliphatic heterocycles. The van der Waals surface area contributed by atoms with E-state index < -0.39 is 6.04 Å². The van der Waals surface area contributed by atoms with Crippen molar-refractivity contribution in [3.8, 4) is 5.69 Å². The molecule has 1 N–H and O–H groups in total. The molecule has 1 unspecified atom stereocenters. The van der Waals surface area contributed by atoms with Crippen molar-refractivity contribution in [2.24, 2.45) is 0 Å². The molecule has 4 rings (SSSR count). The van der Waals surface area contributed by atoms with E-state index in [1.807, 2.05) is 68.4 Å². The van der Waals surface area contributed by atoms with E-state index in [1.165, 1.54) is 0 Å². The monoisotopic (exact) mass is 567 g/mol. The van der Waals surface area contributed by atoms with Gasteiger partial charge in [-0.1, -0.05) is 45.7 Å². The molecule has 0 spiro atoms. The minimum Gasteiger partial charge on any atom is -0.313 e. The van der Waals surface area contributed by atoms with E-state index in [1.54, 1.807) is 39.8 Å². The first-order valence-electron chi connectivity index (χ1n) is 11.5. The number of amides is 2. The SMILES string of the molecule is CC(c1nc2ccccc2c(=O)n1-c1ccc(Cl)cc1)N(CCN(C)C)C(=O)Nc1cccc(Br)c1. The smallest absolute Gasteiger partial charge is 0.313 e. The third-order valence-electron chi connectivity index (χ3n) is 5.85. The number of carbonyl (C=O) groups is 1. The number of carbonyl (C=O) groups excluding carboxylic acids is 1. The van der Waals surface area contributed by atoms with Crippen LogP contribution in [0.3, 0.4) is 0 Å². The van der Waals surface area contributed by atoms with Crippen LogP contribution in [0.15, 0.2) is 82.1 Å². The predicted molar refractivity (Wildman–Crippen MR) is 149 cm³/mol. The van der Waals surface area contributed by atoms with Gasteiger partial charge in [0.25, 0.3) is 5.56 Å². The van der Waals surface area contributed by atoms with E-state index in [0.29, 0.717) is 46.2 Å². The fourth-order valence-corrected chi connectivity index (χ4v) is 4.47. The van der Waals surface area contributed by atoms with Crippen molar-refractivity contribution < 1.29 is 4.79 Å². The van der Waals surface area contributed by atoms with Gasteiger partial charge in [0.1, 0.15) is 5.82 Å². The molecule has 9 heteroatoms. The van der Waals surface area contributed by atoms with Crippen molar-refractivity contribution in [3.63, 3.8) is 0 Å². The van der Waals surface area contributed by atoms with Crippen molar-refractivity contribution in [2.45, 2.75) is 13.0 Å². The molecule has 4 aromatic rings. The molecule has 0 aliphatic carbocycles. The number of benzene rings is 3. The molecule has 0 bridgehead atoms. The molecule has 36 heavy (non-hydrogen) atoms. The van der Waals surface area contributed by atoms with Gasteiger partial charge in [0, 0.05) is 28.3 Å². The highest BCUT2D eigenvalue weighted by Crippen LogP contribution is 2.25. The molecule has 0 saturated heterocycles. The van der Waals surface area contributed by atoms with Gasteiger partial charge in [-0.25, -0.2) is 9.78 Å². The molecular formula is C27H27BrClN5O2. The van der Waals surface area contributed by atoms with Crippen LogP contribution in [-0.2, 0) is 0 Å². The maximum Gasteiger partial charge on any atom is 0.322 e. The van der Waals surface area contributed by atoms with Gasteiger partial charge >= 0.3 is 6.03 Å². The topological polar surface area (TPSA) is 70.5 Å². The molecule has 3 aromatic carbocycles. The molecule has 186 valence electrons. The molecule has 1 atom stereocenters. The lowest BCUT2D eigenvalue weighted by Gasteiger charge is -2.31. The summed E-state index contributed by atoms with van der Waals surface area (Å²) in [5.74, 6) is 0.462. The van der Waals surface area contributed by atoms with E-state index in [-0.39, 0.29) is 11.6 Å². The fraction of sp³-hybridized carbons (Fsp3) is 0.222. The van der Waals surface area contributed by atoms with Crippen molar-refractivity contribution in [3.05, 3.63) is 98.5 Å². The maximum absolute atomic E-state index is 13.7. The zero-order valence-corrected chi connectivity index (χ0v) is 22.6. The van der Waals surface area contributed by atoms with E-state index in [2.05, 4.69) is 21.2 Å². The number of likely N-dealkylation sites (N-methyl/N-ethyl adjacent to an activating group) is 1. The number of fused-ring (bicyclic) bond motifs is 1. The Bertz CT molecular complexity index is 1440. The van der Waals surface area contributed by atoms with Crippen molar-refractivity contribution in [1.82, 2.24) is 19.4 Å². The van der Waals surface area contributed by atoms with Gasteiger partial charge in [-0.05, 0) is 75.6 Å². The van der Waals surface area contributed by atoms with Crippen LogP contribution in [0.4, 0.5) is 10.5 Å². The zero-order chi connectivity index (χ0) is 25.8. The van der Waals surface area contributed by atoms with Gasteiger partial charge in [-0.15, -0.1) is 0 Å². The standard InChI is InChI=1S/C27H27BrClN5O2/c1-18(33(16-15-32(2)3)27(36)30-21-8-6-7-19(28)17-21)25-31-24-10-5-4-9-23(24)26(35)34(25)22-13-11-20(29)12-14-22/h4-14,17-18H,15-16H2,1-3H3,(H,30,36). The van der Waals surface area contributed by atoms with Gasteiger partial charge in [-0.3, -0.25) is 9.36 Å². The minimum atomic E-state index is -0.523. The van der Waals surface area contributed by atoms with Crippen molar-refractivity contribution >= 4 is 50.2 Å². The molecule has 0 fully saturated rings. The van der Waals surface area contributed by atoms with Crippen LogP contribution in [0.1, 0.15) is 18.8 Å². The van der Waals surface area contributed by atoms with Crippen LogP contribution in [0, 0.1) is 0 Å². The van der Waals surface area contributed by atoms with Crippen LogP contribution >= 0.6 is 27.5 Å². The first kappa shape index (κ1) is 25.9. The summed E-state index contributed by atoms with van der Waals surface area (Å²) in [7, 11) is 3.90. The first-order valence-corrected chi connectivity index (χ1v) is 12.7. The second kappa shape index (κ2) is 11.2. The summed E-state index contributed by atoms with van der Waals surface area (Å²) in [6, 6.07) is 20.9. The highest BCUT2D eigenvalue weighted by atomic mass is 79.9. The molecular weight excluding hydrogens is 542 g/mol. The average molecular weight is 569 g/mol. The third kappa shape index (κ3) is 5.78. The Morgan fingerprint density at radius 3 is 2.47 bits per heavy atom. The Kier molecular flexibility index (Phi) is 8.08. The predicted octanol–water partition coefficient (Wildman–Crippen LogP) is 5.96. The largest absolute Gasteiger partial charge is 0.322 e. The molecule has 7 nitrogen and oxygen atoms in total. The Hall–Kier alpha value is -3.20. The number of nitrogens with one attached hydrogen (secondary N) is 1. The number of anilines is 1. The summed E-state index contributed by atoms with van der Waals surface area (Å²) in [5, 5.41) is 4.05. The Balaban J connectivity index is 1.82. The van der Waals surface area contributed by atoms with E-state index in [9.17, 15) is 9.59 Å². The molecule has 0 radical (unpaired) electrons. The highest BCUT2D eigenvalue weighted by Gasteiger charge is 2.27. The number of halogens is 2. The number of urea groups is 1. The van der Waals surface area contributed by atoms with Gasteiger partial charge in [-0.2, -0.15) is 0 Å². The molecule has 1 aromatic heterocycles. The number of aromatic nitrogens is 2. The summed E-state index contributed by atoms with van der Waals surface area (Å²) in [6.45, 7) is 2.95. The number of para-hydroxylation sites is 1. The number of nitrogens with zero attached hydrogens (tertiary/aromatic N) is 4. The lowest BCUT2D eigenvalue weighted by molar-refractivity contribution is 0.181. The summed E-state index contributed by atoms with van der Waals surface area (Å²) in [5.41, 5.74) is 1.67. The molecule has 2 amide bonds. The number of hydrogen-bond donors (Lipinski definition) is 1. The summed E-state index contributed by atoms with van der Waals surface area (Å²) in [6.07, 6.45) is 0. The molecule has 0 aliphatic rings. The Morgan fingerprint density at radius 2 is 1.78 bits per heavy atom. The summed E-state index contributed by atoms with van der Waals surface area (Å²) in [4.78, 5) is 35.8. The Morgan fingerprint density at radius 1 is 1.06 bits per heavy atom. The normalized spacial score (nSPS) is 12.1.